The van der Waals surface area contributed by atoms with Crippen LogP contribution in [0.25, 0.3) is 0 Å². The molecule has 1 aromatic carbocycles. The lowest BCUT2D eigenvalue weighted by Gasteiger charge is -2.06. The summed E-state index contributed by atoms with van der Waals surface area (Å²) >= 11 is 1.30. The summed E-state index contributed by atoms with van der Waals surface area (Å²) in [4.78, 5) is 31.8. The summed E-state index contributed by atoms with van der Waals surface area (Å²) < 4.78 is 0. The molecule has 0 radical (unpaired) electrons. The summed E-state index contributed by atoms with van der Waals surface area (Å²) in [7, 11) is 0. The zero-order valence-electron chi connectivity index (χ0n) is 12.8. The van der Waals surface area contributed by atoms with Gasteiger partial charge in [0, 0.05) is 40.2 Å². The van der Waals surface area contributed by atoms with Crippen molar-refractivity contribution in [2.75, 3.05) is 0 Å². The minimum atomic E-state index is -0.921. The highest BCUT2D eigenvalue weighted by atomic mass is 32.1. The molecule has 0 fully saturated rings. The van der Waals surface area contributed by atoms with Crippen molar-refractivity contribution in [2.24, 2.45) is 0 Å². The molecule has 5 nitrogen and oxygen atoms in total. The van der Waals surface area contributed by atoms with Crippen LogP contribution in [0.4, 0.5) is 0 Å². The number of hydrogen-bond donors (Lipinski definition) is 1. The molecular formula is C18H13N3O2S. The van der Waals surface area contributed by atoms with Gasteiger partial charge in [0.2, 0.25) is 0 Å². The average molecular weight is 335 g/mol. The molecule has 118 valence electrons. The number of nitriles is 1. The van der Waals surface area contributed by atoms with Gasteiger partial charge in [-0.15, -0.1) is 11.3 Å². The predicted octanol–water partition coefficient (Wildman–Crippen LogP) is 3.50. The molecule has 0 amide bonds. The normalized spacial score (nSPS) is 11.7. The van der Waals surface area contributed by atoms with Crippen LogP contribution in [0.15, 0.2) is 48.1 Å². The summed E-state index contributed by atoms with van der Waals surface area (Å²) in [5.74, 6) is -1.36. The molecule has 3 rings (SSSR count). The van der Waals surface area contributed by atoms with E-state index in [1.165, 1.54) is 11.3 Å². The van der Waals surface area contributed by atoms with Gasteiger partial charge in [0.05, 0.1) is 6.07 Å². The maximum Gasteiger partial charge on any atom is 0.194 e. The molecule has 0 unspecified atom stereocenters. The smallest absolute Gasteiger partial charge is 0.194 e. The number of aryl methyl sites for hydroxylation is 1. The Morgan fingerprint density at radius 3 is 2.42 bits per heavy atom. The van der Waals surface area contributed by atoms with Gasteiger partial charge < -0.3 is 4.98 Å². The molecule has 24 heavy (non-hydrogen) atoms. The van der Waals surface area contributed by atoms with Gasteiger partial charge in [-0.2, -0.15) is 5.26 Å². The summed E-state index contributed by atoms with van der Waals surface area (Å²) in [5.41, 5.74) is 2.22. The Hall–Kier alpha value is -3.04. The van der Waals surface area contributed by atoms with Crippen molar-refractivity contribution >= 4 is 22.9 Å². The number of aromatic amines is 1. The topological polar surface area (TPSA) is 86.6 Å². The van der Waals surface area contributed by atoms with Gasteiger partial charge in [0.15, 0.2) is 17.5 Å². The number of benzene rings is 1. The second kappa shape index (κ2) is 6.60. The van der Waals surface area contributed by atoms with E-state index in [9.17, 15) is 14.9 Å². The summed E-state index contributed by atoms with van der Waals surface area (Å²) in [5, 5.41) is 11.6. The number of carbonyl (C=O) groups is 2. The number of rotatable bonds is 5. The minimum Gasteiger partial charge on any atom is -0.367 e. The number of carbonyl (C=O) groups excluding carboxylic acids is 2. The van der Waals surface area contributed by atoms with Crippen molar-refractivity contribution < 1.29 is 9.59 Å². The van der Waals surface area contributed by atoms with Crippen molar-refractivity contribution in [1.29, 1.82) is 5.26 Å². The largest absolute Gasteiger partial charge is 0.367 e. The fourth-order valence-corrected chi connectivity index (χ4v) is 3.15. The number of Topliss-reactive ketones (excluding diaryl/α,β-unsaturated/α-hetero) is 1. The molecule has 2 heterocycles. The molecular weight excluding hydrogens is 322 g/mol. The van der Waals surface area contributed by atoms with Gasteiger partial charge in [-0.1, -0.05) is 24.3 Å². The Labute approximate surface area is 142 Å². The third-order valence-electron chi connectivity index (χ3n) is 3.57. The number of thiazole rings is 1. The van der Waals surface area contributed by atoms with E-state index in [0.29, 0.717) is 21.7 Å². The van der Waals surface area contributed by atoms with E-state index < -0.39 is 5.92 Å². The highest BCUT2D eigenvalue weighted by Gasteiger charge is 2.24. The number of ketones is 2. The van der Waals surface area contributed by atoms with E-state index in [1.807, 2.05) is 18.4 Å². The number of aromatic nitrogens is 2. The SMILES string of the molecule is Cc1csc([C@H](C#N)C(=O)c2ccc(C(=O)c3cc[nH]c3)cc2)n1. The van der Waals surface area contributed by atoms with Crippen LogP contribution in [0.3, 0.4) is 0 Å². The molecule has 1 atom stereocenters. The molecule has 1 N–H and O–H groups in total. The first kappa shape index (κ1) is 15.8. The van der Waals surface area contributed by atoms with Crippen LogP contribution in [0.1, 0.15) is 42.9 Å². The lowest BCUT2D eigenvalue weighted by atomic mass is 9.97. The third kappa shape index (κ3) is 3.03. The highest BCUT2D eigenvalue weighted by molar-refractivity contribution is 7.10. The molecule has 0 spiro atoms. The van der Waals surface area contributed by atoms with Crippen LogP contribution in [-0.2, 0) is 0 Å². The van der Waals surface area contributed by atoms with Crippen LogP contribution >= 0.6 is 11.3 Å². The van der Waals surface area contributed by atoms with E-state index >= 15 is 0 Å². The minimum absolute atomic E-state index is 0.123. The second-order valence-electron chi connectivity index (χ2n) is 5.26. The molecule has 3 aromatic rings. The Bertz CT molecular complexity index is 918. The summed E-state index contributed by atoms with van der Waals surface area (Å²) in [6.45, 7) is 1.82. The van der Waals surface area contributed by atoms with Crippen molar-refractivity contribution in [2.45, 2.75) is 12.8 Å². The van der Waals surface area contributed by atoms with Crippen molar-refractivity contribution in [1.82, 2.24) is 9.97 Å². The predicted molar refractivity (Wildman–Crippen MR) is 90.2 cm³/mol. The van der Waals surface area contributed by atoms with Crippen molar-refractivity contribution in [3.05, 3.63) is 75.5 Å². The van der Waals surface area contributed by atoms with Crippen LogP contribution < -0.4 is 0 Å². The van der Waals surface area contributed by atoms with E-state index in [0.717, 1.165) is 5.69 Å². The highest BCUT2D eigenvalue weighted by Crippen LogP contribution is 2.24. The first-order chi connectivity index (χ1) is 11.6. The van der Waals surface area contributed by atoms with E-state index in [4.69, 9.17) is 0 Å². The Morgan fingerprint density at radius 1 is 1.17 bits per heavy atom. The Balaban J connectivity index is 1.83. The van der Waals surface area contributed by atoms with Gasteiger partial charge >= 0.3 is 0 Å². The molecule has 0 saturated heterocycles. The van der Waals surface area contributed by atoms with E-state index in [2.05, 4.69) is 9.97 Å². The molecule has 0 bridgehead atoms. The summed E-state index contributed by atoms with van der Waals surface area (Å²) in [6.07, 6.45) is 3.30. The number of nitrogens with one attached hydrogen (secondary N) is 1. The molecule has 2 aromatic heterocycles. The molecule has 6 heteroatoms. The van der Waals surface area contributed by atoms with Crippen LogP contribution in [-0.4, -0.2) is 21.5 Å². The molecule has 0 saturated carbocycles. The zero-order valence-corrected chi connectivity index (χ0v) is 13.6. The molecule has 0 aliphatic rings. The molecule has 0 aliphatic carbocycles. The monoisotopic (exact) mass is 335 g/mol. The van der Waals surface area contributed by atoms with Gasteiger partial charge in [0.1, 0.15) is 5.01 Å². The van der Waals surface area contributed by atoms with Gasteiger partial charge in [-0.3, -0.25) is 9.59 Å². The molecule has 0 aliphatic heterocycles. The Morgan fingerprint density at radius 2 is 1.88 bits per heavy atom. The second-order valence-corrected chi connectivity index (χ2v) is 6.15. The van der Waals surface area contributed by atoms with Crippen LogP contribution in [0, 0.1) is 18.3 Å². The van der Waals surface area contributed by atoms with E-state index in [1.54, 1.807) is 42.7 Å². The number of hydrogen-bond acceptors (Lipinski definition) is 5. The maximum absolute atomic E-state index is 12.5. The summed E-state index contributed by atoms with van der Waals surface area (Å²) in [6, 6.07) is 10.1. The van der Waals surface area contributed by atoms with Gasteiger partial charge in [-0.25, -0.2) is 4.98 Å². The average Bonchev–Trinajstić information content (AvgIpc) is 3.27. The quantitative estimate of drug-likeness (QED) is 0.723. The van der Waals surface area contributed by atoms with Crippen molar-refractivity contribution in [3.8, 4) is 6.07 Å². The van der Waals surface area contributed by atoms with Gasteiger partial charge in [0.25, 0.3) is 0 Å². The zero-order chi connectivity index (χ0) is 17.1. The number of nitrogens with zero attached hydrogens (tertiary/aromatic N) is 2. The van der Waals surface area contributed by atoms with Crippen LogP contribution in [0.5, 0.6) is 0 Å². The van der Waals surface area contributed by atoms with Gasteiger partial charge in [-0.05, 0) is 13.0 Å². The van der Waals surface area contributed by atoms with E-state index in [-0.39, 0.29) is 11.6 Å². The van der Waals surface area contributed by atoms with Crippen LogP contribution in [0.2, 0.25) is 0 Å². The number of H-pyrrole nitrogens is 1. The first-order valence-electron chi connectivity index (χ1n) is 7.23. The third-order valence-corrected chi connectivity index (χ3v) is 4.59. The lowest BCUT2D eigenvalue weighted by Crippen LogP contribution is -2.11. The Kier molecular flexibility index (Phi) is 4.36. The standard InChI is InChI=1S/C18H13N3O2S/c1-11-10-24-18(21-11)15(8-19)17(23)13-4-2-12(3-5-13)16(22)14-6-7-20-9-14/h2-7,9-10,15,20H,1H3/t15-/m1/s1. The van der Waals surface area contributed by atoms with Crippen molar-refractivity contribution in [3.63, 3.8) is 0 Å². The first-order valence-corrected chi connectivity index (χ1v) is 8.11. The fourth-order valence-electron chi connectivity index (χ4n) is 2.32. The fraction of sp³-hybridized carbons (Fsp3) is 0.111. The maximum atomic E-state index is 12.5. The lowest BCUT2D eigenvalue weighted by molar-refractivity contribution is 0.0976.